The maximum absolute atomic E-state index is 14.5. The molecular weight excluding hydrogens is 419 g/mol. The SMILES string of the molecule is Cc1cc(OC[C@H](N)CO)c(F)cc1-c1nnc(-c2ccc(OC(C)C)c(C#N)c2)s1. The van der Waals surface area contributed by atoms with Gasteiger partial charge in [0.25, 0.3) is 0 Å². The van der Waals surface area contributed by atoms with E-state index in [0.29, 0.717) is 26.9 Å². The molecule has 0 aliphatic heterocycles. The topological polar surface area (TPSA) is 114 Å². The molecule has 162 valence electrons. The van der Waals surface area contributed by atoms with Gasteiger partial charge < -0.3 is 20.3 Å². The van der Waals surface area contributed by atoms with Crippen LogP contribution in [0.4, 0.5) is 4.39 Å². The molecule has 3 rings (SSSR count). The van der Waals surface area contributed by atoms with Gasteiger partial charge in [0, 0.05) is 11.1 Å². The first kappa shape index (κ1) is 22.6. The van der Waals surface area contributed by atoms with Crippen molar-refractivity contribution in [2.75, 3.05) is 13.2 Å². The van der Waals surface area contributed by atoms with Gasteiger partial charge in [-0.1, -0.05) is 11.3 Å². The number of halogens is 1. The first-order valence-electron chi connectivity index (χ1n) is 9.66. The van der Waals surface area contributed by atoms with Crippen LogP contribution >= 0.6 is 11.3 Å². The number of aliphatic hydroxyl groups excluding tert-OH is 1. The Kier molecular flexibility index (Phi) is 7.17. The summed E-state index contributed by atoms with van der Waals surface area (Å²) in [4.78, 5) is 0. The Bertz CT molecular complexity index is 1110. The molecule has 1 atom stereocenters. The summed E-state index contributed by atoms with van der Waals surface area (Å²) in [5, 5.41) is 28.0. The van der Waals surface area contributed by atoms with E-state index in [1.54, 1.807) is 18.2 Å². The molecule has 0 fully saturated rings. The quantitative estimate of drug-likeness (QED) is 0.547. The van der Waals surface area contributed by atoms with Crippen molar-refractivity contribution in [2.24, 2.45) is 5.73 Å². The molecule has 3 N–H and O–H groups in total. The molecule has 0 radical (unpaired) electrons. The fraction of sp³-hybridized carbons (Fsp3) is 0.318. The lowest BCUT2D eigenvalue weighted by molar-refractivity contribution is 0.202. The highest BCUT2D eigenvalue weighted by Crippen LogP contribution is 2.35. The molecule has 0 aliphatic carbocycles. The molecule has 0 spiro atoms. The zero-order chi connectivity index (χ0) is 22.5. The van der Waals surface area contributed by atoms with E-state index in [-0.39, 0.29) is 25.1 Å². The summed E-state index contributed by atoms with van der Waals surface area (Å²) in [6.45, 7) is 5.37. The minimum atomic E-state index is -0.583. The predicted molar refractivity (Wildman–Crippen MR) is 117 cm³/mol. The number of nitrogens with two attached hydrogens (primary N) is 1. The summed E-state index contributed by atoms with van der Waals surface area (Å²) >= 11 is 1.30. The van der Waals surface area contributed by atoms with Gasteiger partial charge >= 0.3 is 0 Å². The van der Waals surface area contributed by atoms with Gasteiger partial charge in [-0.15, -0.1) is 10.2 Å². The van der Waals surface area contributed by atoms with Crippen LogP contribution in [0.25, 0.3) is 21.1 Å². The molecule has 0 saturated heterocycles. The monoisotopic (exact) mass is 442 g/mol. The lowest BCUT2D eigenvalue weighted by Crippen LogP contribution is -2.31. The molecule has 31 heavy (non-hydrogen) atoms. The zero-order valence-corrected chi connectivity index (χ0v) is 18.2. The van der Waals surface area contributed by atoms with E-state index in [4.69, 9.17) is 20.3 Å². The predicted octanol–water partition coefficient (Wildman–Crippen LogP) is 3.68. The summed E-state index contributed by atoms with van der Waals surface area (Å²) in [6, 6.07) is 9.74. The number of aryl methyl sites for hydroxylation is 1. The smallest absolute Gasteiger partial charge is 0.165 e. The van der Waals surface area contributed by atoms with Gasteiger partial charge in [-0.05, 0) is 56.7 Å². The summed E-state index contributed by atoms with van der Waals surface area (Å²) in [5.41, 5.74) is 8.10. The zero-order valence-electron chi connectivity index (χ0n) is 17.4. The fourth-order valence-electron chi connectivity index (χ4n) is 2.80. The second kappa shape index (κ2) is 9.83. The van der Waals surface area contributed by atoms with Crippen LogP contribution in [0.2, 0.25) is 0 Å². The fourth-order valence-corrected chi connectivity index (χ4v) is 3.72. The second-order valence-corrected chi connectivity index (χ2v) is 8.23. The molecule has 1 aromatic heterocycles. The van der Waals surface area contributed by atoms with Crippen molar-refractivity contribution >= 4 is 11.3 Å². The summed E-state index contributed by atoms with van der Waals surface area (Å²) in [6.07, 6.45) is -0.0460. The highest BCUT2D eigenvalue weighted by molar-refractivity contribution is 7.17. The number of nitrogens with zero attached hydrogens (tertiary/aromatic N) is 3. The third kappa shape index (κ3) is 5.35. The van der Waals surface area contributed by atoms with Crippen molar-refractivity contribution < 1.29 is 19.0 Å². The van der Waals surface area contributed by atoms with Gasteiger partial charge in [-0.3, -0.25) is 0 Å². The number of benzene rings is 2. The van der Waals surface area contributed by atoms with Crippen molar-refractivity contribution in [3.8, 4) is 38.7 Å². The van der Waals surface area contributed by atoms with Crippen molar-refractivity contribution in [2.45, 2.75) is 32.9 Å². The van der Waals surface area contributed by atoms with Crippen molar-refractivity contribution in [1.82, 2.24) is 10.2 Å². The third-order valence-corrected chi connectivity index (χ3v) is 5.34. The molecule has 3 aromatic rings. The Morgan fingerprint density at radius 1 is 1.19 bits per heavy atom. The molecule has 7 nitrogen and oxygen atoms in total. The van der Waals surface area contributed by atoms with E-state index < -0.39 is 11.9 Å². The Balaban J connectivity index is 1.87. The van der Waals surface area contributed by atoms with Gasteiger partial charge in [0.2, 0.25) is 0 Å². The average Bonchev–Trinajstić information content (AvgIpc) is 3.23. The molecular formula is C22H23FN4O3S. The molecule has 0 amide bonds. The summed E-state index contributed by atoms with van der Waals surface area (Å²) in [7, 11) is 0. The largest absolute Gasteiger partial charge is 0.490 e. The van der Waals surface area contributed by atoms with Crippen LogP contribution in [0.15, 0.2) is 30.3 Å². The van der Waals surface area contributed by atoms with Crippen LogP contribution in [0, 0.1) is 24.1 Å². The standard InChI is InChI=1S/C22H23FN4O3S/c1-12(2)30-19-5-4-14(7-15(19)9-24)21-26-27-22(31-21)17-8-18(23)20(6-13(17)3)29-11-16(25)10-28/h4-8,12,16,28H,10-11,25H2,1-3H3/t16-/m1/s1. The van der Waals surface area contributed by atoms with Gasteiger partial charge in [-0.2, -0.15) is 5.26 Å². The van der Waals surface area contributed by atoms with Gasteiger partial charge in [0.15, 0.2) is 11.6 Å². The number of ether oxygens (including phenoxy) is 2. The van der Waals surface area contributed by atoms with E-state index in [9.17, 15) is 9.65 Å². The van der Waals surface area contributed by atoms with E-state index >= 15 is 0 Å². The molecule has 0 unspecified atom stereocenters. The van der Waals surface area contributed by atoms with Crippen LogP contribution in [0.5, 0.6) is 11.5 Å². The van der Waals surface area contributed by atoms with E-state index in [0.717, 1.165) is 11.1 Å². The lowest BCUT2D eigenvalue weighted by atomic mass is 10.1. The Hall–Kier alpha value is -3.06. The first-order chi connectivity index (χ1) is 14.8. The Labute approximate surface area is 183 Å². The molecule has 9 heteroatoms. The van der Waals surface area contributed by atoms with E-state index in [1.165, 1.54) is 17.4 Å². The number of hydrogen-bond donors (Lipinski definition) is 2. The van der Waals surface area contributed by atoms with Crippen LogP contribution < -0.4 is 15.2 Å². The number of aliphatic hydroxyl groups is 1. The van der Waals surface area contributed by atoms with Gasteiger partial charge in [-0.25, -0.2) is 4.39 Å². The summed E-state index contributed by atoms with van der Waals surface area (Å²) in [5.74, 6) is 0.0270. The van der Waals surface area contributed by atoms with Crippen molar-refractivity contribution in [3.05, 3.63) is 47.3 Å². The van der Waals surface area contributed by atoms with Gasteiger partial charge in [0.05, 0.1) is 24.3 Å². The van der Waals surface area contributed by atoms with E-state index in [2.05, 4.69) is 16.3 Å². The van der Waals surface area contributed by atoms with Crippen LogP contribution in [0.1, 0.15) is 25.0 Å². The average molecular weight is 443 g/mol. The lowest BCUT2D eigenvalue weighted by Gasteiger charge is -2.13. The maximum atomic E-state index is 14.5. The molecule has 2 aromatic carbocycles. The van der Waals surface area contributed by atoms with E-state index in [1.807, 2.05) is 26.8 Å². The van der Waals surface area contributed by atoms with Crippen molar-refractivity contribution in [3.63, 3.8) is 0 Å². The highest BCUT2D eigenvalue weighted by atomic mass is 32.1. The minimum Gasteiger partial charge on any atom is -0.490 e. The number of aromatic nitrogens is 2. The normalized spacial score (nSPS) is 11.9. The van der Waals surface area contributed by atoms with Crippen LogP contribution in [0.3, 0.4) is 0 Å². The second-order valence-electron chi connectivity index (χ2n) is 7.25. The van der Waals surface area contributed by atoms with Crippen LogP contribution in [-0.4, -0.2) is 40.7 Å². The van der Waals surface area contributed by atoms with Crippen molar-refractivity contribution in [1.29, 1.82) is 5.26 Å². The Morgan fingerprint density at radius 2 is 1.94 bits per heavy atom. The minimum absolute atomic E-state index is 0.00685. The molecule has 1 heterocycles. The number of hydrogen-bond acceptors (Lipinski definition) is 8. The first-order valence-corrected chi connectivity index (χ1v) is 10.5. The Morgan fingerprint density at radius 3 is 2.61 bits per heavy atom. The molecule has 0 bridgehead atoms. The highest BCUT2D eigenvalue weighted by Gasteiger charge is 2.16. The molecule has 0 saturated carbocycles. The van der Waals surface area contributed by atoms with Gasteiger partial charge in [0.1, 0.15) is 28.4 Å². The van der Waals surface area contributed by atoms with Crippen LogP contribution in [-0.2, 0) is 0 Å². The number of nitriles is 1. The third-order valence-electron chi connectivity index (χ3n) is 4.33. The number of rotatable bonds is 8. The molecule has 0 aliphatic rings. The maximum Gasteiger partial charge on any atom is 0.165 e. The summed E-state index contributed by atoms with van der Waals surface area (Å²) < 4.78 is 25.5.